The predicted octanol–water partition coefficient (Wildman–Crippen LogP) is 3.42. The predicted molar refractivity (Wildman–Crippen MR) is 65.7 cm³/mol. The number of benzene rings is 1. The molecule has 2 fully saturated rings. The lowest BCUT2D eigenvalue weighted by Gasteiger charge is -2.27. The zero-order chi connectivity index (χ0) is 11.7. The fourth-order valence-corrected chi connectivity index (χ4v) is 3.34. The zero-order valence-electron chi connectivity index (χ0n) is 9.97. The van der Waals surface area contributed by atoms with Gasteiger partial charge in [0.1, 0.15) is 6.10 Å². The van der Waals surface area contributed by atoms with Gasteiger partial charge < -0.3 is 4.74 Å². The summed E-state index contributed by atoms with van der Waals surface area (Å²) in [5, 5.41) is 0. The Morgan fingerprint density at radius 2 is 1.65 bits per heavy atom. The fourth-order valence-electron chi connectivity index (χ4n) is 3.34. The quantitative estimate of drug-likeness (QED) is 0.728. The molecule has 2 bridgehead atoms. The van der Waals surface area contributed by atoms with Gasteiger partial charge in [-0.25, -0.2) is 4.79 Å². The smallest absolute Gasteiger partial charge is 0.338 e. The molecular formula is C15H18O2. The maximum absolute atomic E-state index is 11.9. The van der Waals surface area contributed by atoms with E-state index in [0.717, 1.165) is 24.7 Å². The van der Waals surface area contributed by atoms with Crippen molar-refractivity contribution in [3.05, 3.63) is 35.9 Å². The van der Waals surface area contributed by atoms with Gasteiger partial charge in [-0.1, -0.05) is 31.0 Å². The highest BCUT2D eigenvalue weighted by atomic mass is 16.5. The summed E-state index contributed by atoms with van der Waals surface area (Å²) in [6.07, 6.45) is 6.35. The molecule has 17 heavy (non-hydrogen) atoms. The molecule has 0 aliphatic heterocycles. The van der Waals surface area contributed by atoms with E-state index in [9.17, 15) is 4.79 Å². The molecule has 0 radical (unpaired) electrons. The highest BCUT2D eigenvalue weighted by molar-refractivity contribution is 5.89. The van der Waals surface area contributed by atoms with Crippen LogP contribution in [0.5, 0.6) is 0 Å². The molecule has 3 rings (SSSR count). The minimum absolute atomic E-state index is 0.156. The van der Waals surface area contributed by atoms with E-state index < -0.39 is 0 Å². The van der Waals surface area contributed by atoms with Crippen LogP contribution in [0.25, 0.3) is 0 Å². The summed E-state index contributed by atoms with van der Waals surface area (Å²) in [4.78, 5) is 11.9. The van der Waals surface area contributed by atoms with Crippen LogP contribution < -0.4 is 0 Å². The minimum Gasteiger partial charge on any atom is -0.459 e. The van der Waals surface area contributed by atoms with E-state index >= 15 is 0 Å². The molecule has 0 spiro atoms. The van der Waals surface area contributed by atoms with Gasteiger partial charge in [0.2, 0.25) is 0 Å². The van der Waals surface area contributed by atoms with Crippen LogP contribution in [0.2, 0.25) is 0 Å². The van der Waals surface area contributed by atoms with Crippen LogP contribution in [-0.4, -0.2) is 12.1 Å². The first kappa shape index (κ1) is 10.8. The molecule has 2 heteroatoms. The van der Waals surface area contributed by atoms with E-state index in [1.54, 1.807) is 0 Å². The number of esters is 1. The van der Waals surface area contributed by atoms with Crippen LogP contribution >= 0.6 is 0 Å². The minimum atomic E-state index is -0.156. The summed E-state index contributed by atoms with van der Waals surface area (Å²) in [5.74, 6) is 1.46. The molecule has 0 amide bonds. The summed E-state index contributed by atoms with van der Waals surface area (Å²) in [7, 11) is 0. The highest BCUT2D eigenvalue weighted by Gasteiger charge is 2.35. The third-order valence-electron chi connectivity index (χ3n) is 4.13. The lowest BCUT2D eigenvalue weighted by molar-refractivity contribution is 0.0127. The molecule has 0 saturated heterocycles. The number of ether oxygens (including phenoxy) is 1. The van der Waals surface area contributed by atoms with Crippen LogP contribution in [0.15, 0.2) is 30.3 Å². The van der Waals surface area contributed by atoms with Gasteiger partial charge in [-0.3, -0.25) is 0 Å². The number of fused-ring (bicyclic) bond motifs is 2. The third kappa shape index (κ3) is 2.36. The van der Waals surface area contributed by atoms with Crippen molar-refractivity contribution in [1.82, 2.24) is 0 Å². The first-order valence-corrected chi connectivity index (χ1v) is 6.57. The Balaban J connectivity index is 1.62. The lowest BCUT2D eigenvalue weighted by Crippen LogP contribution is -2.26. The largest absolute Gasteiger partial charge is 0.459 e. The average Bonchev–Trinajstić information content (AvgIpc) is 2.70. The van der Waals surface area contributed by atoms with E-state index in [2.05, 4.69) is 0 Å². The summed E-state index contributed by atoms with van der Waals surface area (Å²) >= 11 is 0. The van der Waals surface area contributed by atoms with Crippen LogP contribution in [0.4, 0.5) is 0 Å². The van der Waals surface area contributed by atoms with Crippen molar-refractivity contribution in [2.45, 2.75) is 38.2 Å². The average molecular weight is 230 g/mol. The fraction of sp³-hybridized carbons (Fsp3) is 0.533. The van der Waals surface area contributed by atoms with Crippen LogP contribution in [-0.2, 0) is 4.74 Å². The van der Waals surface area contributed by atoms with E-state index in [1.165, 1.54) is 19.3 Å². The van der Waals surface area contributed by atoms with Gasteiger partial charge in [-0.2, -0.15) is 0 Å². The molecule has 1 aromatic rings. The molecule has 0 aromatic heterocycles. The Hall–Kier alpha value is -1.31. The van der Waals surface area contributed by atoms with Crippen molar-refractivity contribution in [3.8, 4) is 0 Å². The first-order valence-electron chi connectivity index (χ1n) is 6.57. The summed E-state index contributed by atoms with van der Waals surface area (Å²) < 4.78 is 5.62. The van der Waals surface area contributed by atoms with E-state index in [-0.39, 0.29) is 12.1 Å². The maximum Gasteiger partial charge on any atom is 0.338 e. The van der Waals surface area contributed by atoms with Crippen molar-refractivity contribution in [2.24, 2.45) is 11.8 Å². The lowest BCUT2D eigenvalue weighted by atomic mass is 9.87. The molecular weight excluding hydrogens is 212 g/mol. The van der Waals surface area contributed by atoms with Crippen molar-refractivity contribution >= 4 is 5.97 Å². The standard InChI is InChI=1S/C15H18O2/c16-15(13-4-2-1-3-5-13)17-14-9-11-6-7-12(8-11)10-14/h1-5,11-12,14H,6-10H2. The number of rotatable bonds is 2. The van der Waals surface area contributed by atoms with Crippen molar-refractivity contribution in [3.63, 3.8) is 0 Å². The van der Waals surface area contributed by atoms with Crippen LogP contribution in [0.1, 0.15) is 42.5 Å². The Morgan fingerprint density at radius 1 is 1.00 bits per heavy atom. The molecule has 2 nitrogen and oxygen atoms in total. The van der Waals surface area contributed by atoms with Gasteiger partial charge in [0.15, 0.2) is 0 Å². The molecule has 1 aromatic carbocycles. The van der Waals surface area contributed by atoms with Gasteiger partial charge in [-0.15, -0.1) is 0 Å². The van der Waals surface area contributed by atoms with E-state index in [1.807, 2.05) is 30.3 Å². The highest BCUT2D eigenvalue weighted by Crippen LogP contribution is 2.43. The number of hydrogen-bond acceptors (Lipinski definition) is 2. The van der Waals surface area contributed by atoms with Gasteiger partial charge >= 0.3 is 5.97 Å². The van der Waals surface area contributed by atoms with Crippen LogP contribution in [0.3, 0.4) is 0 Å². The molecule has 2 unspecified atom stereocenters. The second kappa shape index (κ2) is 4.52. The molecule has 2 aliphatic rings. The molecule has 2 saturated carbocycles. The van der Waals surface area contributed by atoms with Gasteiger partial charge in [0, 0.05) is 0 Å². The maximum atomic E-state index is 11.9. The summed E-state index contributed by atoms with van der Waals surface area (Å²) in [6, 6.07) is 9.31. The van der Waals surface area contributed by atoms with Crippen molar-refractivity contribution in [1.29, 1.82) is 0 Å². The van der Waals surface area contributed by atoms with Gasteiger partial charge in [0.25, 0.3) is 0 Å². The van der Waals surface area contributed by atoms with E-state index in [4.69, 9.17) is 4.74 Å². The summed E-state index contributed by atoms with van der Waals surface area (Å²) in [5.41, 5.74) is 0.672. The molecule has 2 atom stereocenters. The monoisotopic (exact) mass is 230 g/mol. The Labute approximate surface area is 102 Å². The third-order valence-corrected chi connectivity index (χ3v) is 4.13. The Bertz CT molecular complexity index is 387. The normalized spacial score (nSPS) is 31.2. The van der Waals surface area contributed by atoms with Gasteiger partial charge in [0.05, 0.1) is 5.56 Å². The Kier molecular flexibility index (Phi) is 2.87. The molecule has 2 aliphatic carbocycles. The van der Waals surface area contributed by atoms with Crippen molar-refractivity contribution < 1.29 is 9.53 Å². The number of hydrogen-bond donors (Lipinski definition) is 0. The Morgan fingerprint density at radius 3 is 2.29 bits per heavy atom. The topological polar surface area (TPSA) is 26.3 Å². The second-order valence-corrected chi connectivity index (χ2v) is 5.41. The molecule has 90 valence electrons. The summed E-state index contributed by atoms with van der Waals surface area (Å²) in [6.45, 7) is 0. The second-order valence-electron chi connectivity index (χ2n) is 5.41. The van der Waals surface area contributed by atoms with E-state index in [0.29, 0.717) is 5.56 Å². The molecule has 0 N–H and O–H groups in total. The molecule has 0 heterocycles. The van der Waals surface area contributed by atoms with Crippen molar-refractivity contribution in [2.75, 3.05) is 0 Å². The number of carbonyl (C=O) groups excluding carboxylic acids is 1. The van der Waals surface area contributed by atoms with Crippen LogP contribution in [0, 0.1) is 11.8 Å². The zero-order valence-corrected chi connectivity index (χ0v) is 9.97. The van der Waals surface area contributed by atoms with Gasteiger partial charge in [-0.05, 0) is 43.2 Å². The SMILES string of the molecule is O=C(OC1CC2CCC(C2)C1)c1ccccc1. The first-order chi connectivity index (χ1) is 8.31. The number of carbonyl (C=O) groups is 1.